The summed E-state index contributed by atoms with van der Waals surface area (Å²) in [7, 11) is 0. The second-order valence-electron chi connectivity index (χ2n) is 3.15. The third-order valence-corrected chi connectivity index (χ3v) is 2.39. The van der Waals surface area contributed by atoms with Gasteiger partial charge in [0.05, 0.1) is 0 Å². The molecule has 2 heteroatoms. The molecule has 10 heavy (non-hydrogen) atoms. The zero-order valence-electron chi connectivity index (χ0n) is 6.47. The molecule has 0 aromatic carbocycles. The molecule has 0 aromatic rings. The Labute approximate surface area is 62.0 Å². The lowest BCUT2D eigenvalue weighted by molar-refractivity contribution is -0.110. The predicted molar refractivity (Wildman–Crippen MR) is 40.6 cm³/mol. The van der Waals surface area contributed by atoms with E-state index < -0.39 is 0 Å². The normalized spacial score (nSPS) is 33.3. The number of rotatable bonds is 2. The SMILES string of the molecule is C[C@@H]1CCCC[C@@H]1NC=O. The predicted octanol–water partition coefficient (Wildman–Crippen LogP) is 1.31. The van der Waals surface area contributed by atoms with Crippen LogP contribution in [0.25, 0.3) is 0 Å². The van der Waals surface area contributed by atoms with Gasteiger partial charge in [-0.25, -0.2) is 0 Å². The molecular weight excluding hydrogens is 126 g/mol. The standard InChI is InChI=1S/C8H15NO/c1-7-4-2-3-5-8(7)9-6-10/h6-8H,2-5H2,1H3,(H,9,10)/t7-,8+/m1/s1. The van der Waals surface area contributed by atoms with Gasteiger partial charge < -0.3 is 5.32 Å². The van der Waals surface area contributed by atoms with Gasteiger partial charge in [-0.2, -0.15) is 0 Å². The molecule has 1 aliphatic carbocycles. The maximum Gasteiger partial charge on any atom is 0.207 e. The van der Waals surface area contributed by atoms with E-state index in [0.717, 1.165) is 6.41 Å². The van der Waals surface area contributed by atoms with Crippen LogP contribution in [0.1, 0.15) is 32.6 Å². The molecule has 1 fully saturated rings. The van der Waals surface area contributed by atoms with Gasteiger partial charge >= 0.3 is 0 Å². The van der Waals surface area contributed by atoms with Gasteiger partial charge in [0, 0.05) is 6.04 Å². The topological polar surface area (TPSA) is 29.1 Å². The van der Waals surface area contributed by atoms with Crippen LogP contribution >= 0.6 is 0 Å². The van der Waals surface area contributed by atoms with Gasteiger partial charge in [0.15, 0.2) is 0 Å². The lowest BCUT2D eigenvalue weighted by Crippen LogP contribution is -2.36. The molecule has 1 aliphatic rings. The number of hydrogen-bond acceptors (Lipinski definition) is 1. The van der Waals surface area contributed by atoms with Crippen molar-refractivity contribution in [2.24, 2.45) is 5.92 Å². The average molecular weight is 141 g/mol. The molecule has 0 radical (unpaired) electrons. The first-order valence-corrected chi connectivity index (χ1v) is 4.04. The number of hydrogen-bond donors (Lipinski definition) is 1. The molecule has 0 heterocycles. The summed E-state index contributed by atoms with van der Waals surface area (Å²) >= 11 is 0. The lowest BCUT2D eigenvalue weighted by Gasteiger charge is -2.27. The Morgan fingerprint density at radius 3 is 2.70 bits per heavy atom. The molecule has 1 amide bonds. The molecule has 1 rings (SSSR count). The molecule has 1 saturated carbocycles. The number of amides is 1. The Hall–Kier alpha value is -0.530. The van der Waals surface area contributed by atoms with E-state index in [4.69, 9.17) is 0 Å². The first-order valence-electron chi connectivity index (χ1n) is 4.04. The highest BCUT2D eigenvalue weighted by molar-refractivity contribution is 5.46. The van der Waals surface area contributed by atoms with Gasteiger partial charge in [-0.15, -0.1) is 0 Å². The minimum atomic E-state index is 0.450. The fourth-order valence-corrected chi connectivity index (χ4v) is 1.65. The van der Waals surface area contributed by atoms with Crippen molar-refractivity contribution < 1.29 is 4.79 Å². The minimum Gasteiger partial charge on any atom is -0.356 e. The lowest BCUT2D eigenvalue weighted by atomic mass is 9.86. The summed E-state index contributed by atoms with van der Waals surface area (Å²) in [6.07, 6.45) is 5.87. The smallest absolute Gasteiger partial charge is 0.207 e. The largest absolute Gasteiger partial charge is 0.356 e. The van der Waals surface area contributed by atoms with Gasteiger partial charge in [0.1, 0.15) is 0 Å². The zero-order chi connectivity index (χ0) is 7.40. The third kappa shape index (κ3) is 1.72. The van der Waals surface area contributed by atoms with E-state index in [1.54, 1.807) is 0 Å². The molecule has 58 valence electrons. The van der Waals surface area contributed by atoms with Crippen molar-refractivity contribution in [2.75, 3.05) is 0 Å². The van der Waals surface area contributed by atoms with Crippen molar-refractivity contribution in [1.82, 2.24) is 5.32 Å². The molecule has 2 atom stereocenters. The van der Waals surface area contributed by atoms with E-state index in [9.17, 15) is 4.79 Å². The highest BCUT2D eigenvalue weighted by Gasteiger charge is 2.19. The number of carbonyl (C=O) groups is 1. The maximum atomic E-state index is 10.1. The fraction of sp³-hybridized carbons (Fsp3) is 0.875. The van der Waals surface area contributed by atoms with Crippen LogP contribution in [0.3, 0.4) is 0 Å². The van der Waals surface area contributed by atoms with E-state index in [0.29, 0.717) is 12.0 Å². The molecule has 1 N–H and O–H groups in total. The fourth-order valence-electron chi connectivity index (χ4n) is 1.65. The summed E-state index contributed by atoms with van der Waals surface area (Å²) in [6.45, 7) is 2.21. The monoisotopic (exact) mass is 141 g/mol. The van der Waals surface area contributed by atoms with E-state index in [-0.39, 0.29) is 0 Å². The molecule has 2 nitrogen and oxygen atoms in total. The molecule has 0 spiro atoms. The molecule has 0 aromatic heterocycles. The highest BCUT2D eigenvalue weighted by Crippen LogP contribution is 2.22. The van der Waals surface area contributed by atoms with Crippen LogP contribution in [0.4, 0.5) is 0 Å². The van der Waals surface area contributed by atoms with Crippen LogP contribution < -0.4 is 5.32 Å². The van der Waals surface area contributed by atoms with Crippen LogP contribution in [0, 0.1) is 5.92 Å². The summed E-state index contributed by atoms with van der Waals surface area (Å²) in [5.41, 5.74) is 0. The first kappa shape index (κ1) is 7.58. The Bertz CT molecular complexity index is 114. The van der Waals surface area contributed by atoms with E-state index in [1.165, 1.54) is 25.7 Å². The summed E-state index contributed by atoms with van der Waals surface area (Å²) in [4.78, 5) is 10.1. The van der Waals surface area contributed by atoms with Crippen molar-refractivity contribution in [3.05, 3.63) is 0 Å². The van der Waals surface area contributed by atoms with Crippen molar-refractivity contribution in [2.45, 2.75) is 38.6 Å². The van der Waals surface area contributed by atoms with Crippen LogP contribution in [0.5, 0.6) is 0 Å². The number of nitrogens with one attached hydrogen (secondary N) is 1. The minimum absolute atomic E-state index is 0.450. The number of carbonyl (C=O) groups excluding carboxylic acids is 1. The highest BCUT2D eigenvalue weighted by atomic mass is 16.1. The van der Waals surface area contributed by atoms with Crippen molar-refractivity contribution >= 4 is 6.41 Å². The summed E-state index contributed by atoms with van der Waals surface area (Å²) in [5.74, 6) is 0.680. The van der Waals surface area contributed by atoms with Crippen molar-refractivity contribution in [3.63, 3.8) is 0 Å². The van der Waals surface area contributed by atoms with Crippen molar-refractivity contribution in [3.8, 4) is 0 Å². The van der Waals surface area contributed by atoms with Crippen LogP contribution in [-0.4, -0.2) is 12.5 Å². The Morgan fingerprint density at radius 2 is 2.10 bits per heavy atom. The molecule has 0 unspecified atom stereocenters. The van der Waals surface area contributed by atoms with Crippen molar-refractivity contribution in [1.29, 1.82) is 0 Å². The summed E-state index contributed by atoms with van der Waals surface area (Å²) < 4.78 is 0. The van der Waals surface area contributed by atoms with Gasteiger partial charge in [-0.05, 0) is 18.8 Å². The van der Waals surface area contributed by atoms with Gasteiger partial charge in [0.25, 0.3) is 0 Å². The second kappa shape index (κ2) is 3.59. The summed E-state index contributed by atoms with van der Waals surface area (Å²) in [5, 5.41) is 2.85. The van der Waals surface area contributed by atoms with Crippen LogP contribution in [0.15, 0.2) is 0 Å². The zero-order valence-corrected chi connectivity index (χ0v) is 6.47. The van der Waals surface area contributed by atoms with Gasteiger partial charge in [-0.3, -0.25) is 4.79 Å². The molecule has 0 saturated heterocycles. The first-order chi connectivity index (χ1) is 4.84. The summed E-state index contributed by atoms with van der Waals surface area (Å²) in [6, 6.07) is 0.450. The van der Waals surface area contributed by atoms with Crippen LogP contribution in [0.2, 0.25) is 0 Å². The van der Waals surface area contributed by atoms with Crippen LogP contribution in [-0.2, 0) is 4.79 Å². The maximum absolute atomic E-state index is 10.1. The second-order valence-corrected chi connectivity index (χ2v) is 3.15. The molecule has 0 bridgehead atoms. The third-order valence-electron chi connectivity index (χ3n) is 2.39. The quantitative estimate of drug-likeness (QED) is 0.577. The Morgan fingerprint density at radius 1 is 1.40 bits per heavy atom. The van der Waals surface area contributed by atoms with Gasteiger partial charge in [0.2, 0.25) is 6.41 Å². The Kier molecular flexibility index (Phi) is 2.72. The van der Waals surface area contributed by atoms with E-state index in [1.807, 2.05) is 0 Å². The molecular formula is C8H15NO. The average Bonchev–Trinajstić information content (AvgIpc) is 1.94. The van der Waals surface area contributed by atoms with E-state index in [2.05, 4.69) is 12.2 Å². The Balaban J connectivity index is 2.32. The molecule has 0 aliphatic heterocycles. The van der Waals surface area contributed by atoms with E-state index >= 15 is 0 Å². The van der Waals surface area contributed by atoms with Gasteiger partial charge in [-0.1, -0.05) is 19.8 Å².